The molecule has 1 saturated heterocycles. The summed E-state index contributed by atoms with van der Waals surface area (Å²) in [6.07, 6.45) is -2.54. The average molecular weight is 587 g/mol. The van der Waals surface area contributed by atoms with Gasteiger partial charge >= 0.3 is 12.0 Å². The molecule has 9 heteroatoms. The molecule has 226 valence electrons. The second kappa shape index (κ2) is 14.9. The highest BCUT2D eigenvalue weighted by atomic mass is 16.6. The number of rotatable bonds is 13. The number of benzene rings is 3. The Morgan fingerprint density at radius 2 is 1.33 bits per heavy atom. The summed E-state index contributed by atoms with van der Waals surface area (Å²) in [7, 11) is 0. The molecule has 0 aliphatic carbocycles. The van der Waals surface area contributed by atoms with Crippen LogP contribution in [0.1, 0.15) is 30.5 Å². The van der Waals surface area contributed by atoms with Gasteiger partial charge in [0.1, 0.15) is 24.4 Å². The zero-order chi connectivity index (χ0) is 30.0. The molecule has 9 nitrogen and oxygen atoms in total. The Kier molecular flexibility index (Phi) is 10.6. The SMILES string of the molecule is CCOC(=O)C1=C(C)NC(=O)N[C@@H]1[C@@H]1O[C@H](COCc2ccccc2)[C@@H](OCc2ccccc2)[C@H]1OCc1ccccc1. The number of amides is 2. The molecule has 2 aliphatic heterocycles. The van der Waals surface area contributed by atoms with Crippen molar-refractivity contribution >= 4 is 12.0 Å². The van der Waals surface area contributed by atoms with Crippen LogP contribution in [0.4, 0.5) is 4.79 Å². The molecule has 0 bridgehead atoms. The fourth-order valence-corrected chi connectivity index (χ4v) is 5.41. The van der Waals surface area contributed by atoms with E-state index in [1.165, 1.54) is 0 Å². The summed E-state index contributed by atoms with van der Waals surface area (Å²) in [5.41, 5.74) is 3.69. The van der Waals surface area contributed by atoms with E-state index in [4.69, 9.17) is 23.7 Å². The molecule has 0 unspecified atom stereocenters. The number of carbonyl (C=O) groups is 2. The standard InChI is InChI=1S/C34H38N2O7/c1-3-40-33(37)28-23(2)35-34(38)36-29(28)31-32(42-21-26-17-11-6-12-18-26)30(41-20-25-15-9-5-10-16-25)27(43-31)22-39-19-24-13-7-4-8-14-24/h4-18,27,29-32H,3,19-22H2,1-2H3,(H2,35,36,38)/t27-,29+,30-,31+,32-/m1/s1. The lowest BCUT2D eigenvalue weighted by Crippen LogP contribution is -2.58. The summed E-state index contributed by atoms with van der Waals surface area (Å²) in [5.74, 6) is -0.534. The molecule has 0 spiro atoms. The summed E-state index contributed by atoms with van der Waals surface area (Å²) in [5, 5.41) is 5.59. The van der Waals surface area contributed by atoms with E-state index in [0.29, 0.717) is 18.9 Å². The Morgan fingerprint density at radius 3 is 1.88 bits per heavy atom. The fraction of sp³-hybridized carbons (Fsp3) is 0.353. The van der Waals surface area contributed by atoms with Crippen LogP contribution in [0.2, 0.25) is 0 Å². The van der Waals surface area contributed by atoms with E-state index in [2.05, 4.69) is 10.6 Å². The highest BCUT2D eigenvalue weighted by molar-refractivity contribution is 5.94. The molecule has 2 aliphatic rings. The Labute approximate surface area is 252 Å². The maximum absolute atomic E-state index is 13.1. The van der Waals surface area contributed by atoms with E-state index in [-0.39, 0.29) is 25.4 Å². The molecular formula is C34H38N2O7. The van der Waals surface area contributed by atoms with Crippen LogP contribution >= 0.6 is 0 Å². The second-order valence-electron chi connectivity index (χ2n) is 10.5. The summed E-state index contributed by atoms with van der Waals surface area (Å²) < 4.78 is 31.2. The number of esters is 1. The van der Waals surface area contributed by atoms with Gasteiger partial charge in [-0.15, -0.1) is 0 Å². The first-order valence-corrected chi connectivity index (χ1v) is 14.6. The van der Waals surface area contributed by atoms with E-state index in [9.17, 15) is 9.59 Å². The van der Waals surface area contributed by atoms with Crippen molar-refractivity contribution in [1.82, 2.24) is 10.6 Å². The van der Waals surface area contributed by atoms with Crippen LogP contribution in [0.15, 0.2) is 102 Å². The minimum absolute atomic E-state index is 0.189. The fourth-order valence-electron chi connectivity index (χ4n) is 5.41. The van der Waals surface area contributed by atoms with Gasteiger partial charge < -0.3 is 34.3 Å². The predicted molar refractivity (Wildman–Crippen MR) is 160 cm³/mol. The first kappa shape index (κ1) is 30.4. The van der Waals surface area contributed by atoms with E-state index in [1.807, 2.05) is 91.0 Å². The first-order valence-electron chi connectivity index (χ1n) is 14.6. The highest BCUT2D eigenvalue weighted by Gasteiger charge is 2.52. The van der Waals surface area contributed by atoms with Crippen LogP contribution in [-0.2, 0) is 48.3 Å². The number of nitrogens with one attached hydrogen (secondary N) is 2. The van der Waals surface area contributed by atoms with Crippen LogP contribution < -0.4 is 10.6 Å². The number of urea groups is 1. The third-order valence-corrected chi connectivity index (χ3v) is 7.44. The lowest BCUT2D eigenvalue weighted by Gasteiger charge is -2.34. The van der Waals surface area contributed by atoms with Crippen LogP contribution in [0.25, 0.3) is 0 Å². The molecular weight excluding hydrogens is 548 g/mol. The van der Waals surface area contributed by atoms with Gasteiger partial charge in [0.2, 0.25) is 0 Å². The van der Waals surface area contributed by atoms with Gasteiger partial charge in [-0.25, -0.2) is 9.59 Å². The third-order valence-electron chi connectivity index (χ3n) is 7.44. The van der Waals surface area contributed by atoms with E-state index in [1.54, 1.807) is 13.8 Å². The molecule has 0 aromatic heterocycles. The number of carbonyl (C=O) groups excluding carboxylic acids is 2. The highest BCUT2D eigenvalue weighted by Crippen LogP contribution is 2.34. The van der Waals surface area contributed by atoms with Gasteiger partial charge in [0.15, 0.2) is 0 Å². The van der Waals surface area contributed by atoms with Gasteiger partial charge in [0.05, 0.1) is 44.6 Å². The molecule has 2 amide bonds. The topological polar surface area (TPSA) is 104 Å². The maximum Gasteiger partial charge on any atom is 0.337 e. The predicted octanol–water partition coefficient (Wildman–Crippen LogP) is 4.66. The molecule has 0 radical (unpaired) electrons. The minimum atomic E-state index is -0.837. The molecule has 0 saturated carbocycles. The van der Waals surface area contributed by atoms with Crippen molar-refractivity contribution in [3.8, 4) is 0 Å². The summed E-state index contributed by atoms with van der Waals surface area (Å²) in [6, 6.07) is 28.3. The molecule has 5 rings (SSSR count). The Balaban J connectivity index is 1.45. The summed E-state index contributed by atoms with van der Waals surface area (Å²) in [4.78, 5) is 25.8. The number of ether oxygens (including phenoxy) is 5. The summed E-state index contributed by atoms with van der Waals surface area (Å²) in [6.45, 7) is 4.81. The van der Waals surface area contributed by atoms with Crippen molar-refractivity contribution in [2.45, 2.75) is 64.1 Å². The van der Waals surface area contributed by atoms with Crippen LogP contribution in [-0.4, -0.2) is 55.7 Å². The number of hydrogen-bond acceptors (Lipinski definition) is 7. The third kappa shape index (κ3) is 7.88. The molecule has 3 aromatic rings. The molecule has 5 atom stereocenters. The van der Waals surface area contributed by atoms with Gasteiger partial charge in [0, 0.05) is 5.70 Å². The number of allylic oxidation sites excluding steroid dienone is 1. The van der Waals surface area contributed by atoms with Gasteiger partial charge in [-0.2, -0.15) is 0 Å². The molecule has 1 fully saturated rings. The summed E-state index contributed by atoms with van der Waals surface area (Å²) >= 11 is 0. The Bertz CT molecular complexity index is 1370. The van der Waals surface area contributed by atoms with Crippen molar-refractivity contribution in [1.29, 1.82) is 0 Å². The first-order chi connectivity index (χ1) is 21.0. The van der Waals surface area contributed by atoms with Gasteiger partial charge in [-0.3, -0.25) is 0 Å². The minimum Gasteiger partial charge on any atom is -0.463 e. The van der Waals surface area contributed by atoms with Gasteiger partial charge in [-0.1, -0.05) is 91.0 Å². The van der Waals surface area contributed by atoms with Crippen molar-refractivity contribution in [2.75, 3.05) is 13.2 Å². The van der Waals surface area contributed by atoms with Crippen molar-refractivity contribution in [3.05, 3.63) is 119 Å². The zero-order valence-electron chi connectivity index (χ0n) is 24.4. The molecule has 2 N–H and O–H groups in total. The van der Waals surface area contributed by atoms with Gasteiger partial charge in [0.25, 0.3) is 0 Å². The maximum atomic E-state index is 13.1. The van der Waals surface area contributed by atoms with Gasteiger partial charge in [-0.05, 0) is 30.5 Å². The van der Waals surface area contributed by atoms with Crippen molar-refractivity contribution in [2.24, 2.45) is 0 Å². The van der Waals surface area contributed by atoms with E-state index in [0.717, 1.165) is 16.7 Å². The smallest absolute Gasteiger partial charge is 0.337 e. The number of hydrogen-bond donors (Lipinski definition) is 2. The van der Waals surface area contributed by atoms with Crippen LogP contribution in [0.5, 0.6) is 0 Å². The van der Waals surface area contributed by atoms with Crippen molar-refractivity contribution < 1.29 is 33.3 Å². The monoisotopic (exact) mass is 586 g/mol. The quantitative estimate of drug-likeness (QED) is 0.281. The van der Waals surface area contributed by atoms with Crippen LogP contribution in [0, 0.1) is 0 Å². The molecule has 43 heavy (non-hydrogen) atoms. The second-order valence-corrected chi connectivity index (χ2v) is 10.5. The Morgan fingerprint density at radius 1 is 0.791 bits per heavy atom. The van der Waals surface area contributed by atoms with Crippen LogP contribution in [0.3, 0.4) is 0 Å². The average Bonchev–Trinajstić information content (AvgIpc) is 3.37. The van der Waals surface area contributed by atoms with E-state index < -0.39 is 42.5 Å². The molecule has 2 heterocycles. The lowest BCUT2D eigenvalue weighted by atomic mass is 9.93. The molecule has 3 aromatic carbocycles. The lowest BCUT2D eigenvalue weighted by molar-refractivity contribution is -0.140. The normalized spacial score (nSPS) is 23.5. The van der Waals surface area contributed by atoms with E-state index >= 15 is 0 Å². The van der Waals surface area contributed by atoms with Crippen molar-refractivity contribution in [3.63, 3.8) is 0 Å². The largest absolute Gasteiger partial charge is 0.463 e. The zero-order valence-corrected chi connectivity index (χ0v) is 24.4. The Hall–Kier alpha value is -4.02.